The summed E-state index contributed by atoms with van der Waals surface area (Å²) in [6.07, 6.45) is 0.269. The van der Waals surface area contributed by atoms with Gasteiger partial charge >= 0.3 is 5.97 Å². The molecule has 3 rings (SSSR count). The van der Waals surface area contributed by atoms with Gasteiger partial charge in [-0.2, -0.15) is 0 Å². The molecule has 2 aromatic rings. The van der Waals surface area contributed by atoms with Crippen molar-refractivity contribution in [2.45, 2.75) is 23.7 Å². The maximum atomic E-state index is 13.2. The van der Waals surface area contributed by atoms with Gasteiger partial charge in [-0.3, -0.25) is 9.10 Å². The standard InChI is InChI=1S/C18H17Cl2NO5S/c1-26-12-3-6-17-14(8-12)11(2-7-18(22)23)10-21(17)27(24,25)13-4-5-15(19)16(20)9-13/h3-6,8-9,11H,2,7,10H2,1H3,(H,22,23). The molecule has 0 spiro atoms. The van der Waals surface area contributed by atoms with E-state index in [1.54, 1.807) is 18.2 Å². The van der Waals surface area contributed by atoms with Crippen LogP contribution in [0, 0.1) is 0 Å². The summed E-state index contributed by atoms with van der Waals surface area (Å²) < 4.78 is 32.9. The third-order valence-electron chi connectivity index (χ3n) is 4.52. The number of hydrogen-bond donors (Lipinski definition) is 1. The first-order valence-electron chi connectivity index (χ1n) is 8.11. The van der Waals surface area contributed by atoms with Gasteiger partial charge in [-0.05, 0) is 48.4 Å². The largest absolute Gasteiger partial charge is 0.497 e. The fourth-order valence-corrected chi connectivity index (χ4v) is 5.07. The summed E-state index contributed by atoms with van der Waals surface area (Å²) in [5.41, 5.74) is 1.26. The molecular weight excluding hydrogens is 413 g/mol. The summed E-state index contributed by atoms with van der Waals surface area (Å²) >= 11 is 11.9. The number of carboxylic acid groups (broad SMARTS) is 1. The first-order valence-corrected chi connectivity index (χ1v) is 10.3. The second-order valence-electron chi connectivity index (χ2n) is 6.17. The number of nitrogens with zero attached hydrogens (tertiary/aromatic N) is 1. The molecule has 0 fully saturated rings. The van der Waals surface area contributed by atoms with Crippen molar-refractivity contribution in [1.29, 1.82) is 0 Å². The van der Waals surface area contributed by atoms with Gasteiger partial charge in [-0.1, -0.05) is 23.2 Å². The van der Waals surface area contributed by atoms with Crippen LogP contribution in [0.2, 0.25) is 10.0 Å². The third kappa shape index (κ3) is 3.85. The van der Waals surface area contributed by atoms with Crippen molar-refractivity contribution in [3.05, 3.63) is 52.0 Å². The van der Waals surface area contributed by atoms with Crippen LogP contribution in [0.1, 0.15) is 24.3 Å². The van der Waals surface area contributed by atoms with Crippen molar-refractivity contribution in [3.8, 4) is 5.75 Å². The van der Waals surface area contributed by atoms with Gasteiger partial charge in [-0.15, -0.1) is 0 Å². The highest BCUT2D eigenvalue weighted by molar-refractivity contribution is 7.92. The van der Waals surface area contributed by atoms with E-state index in [1.165, 1.54) is 29.6 Å². The zero-order valence-electron chi connectivity index (χ0n) is 14.4. The number of sulfonamides is 1. The Morgan fingerprint density at radius 2 is 1.96 bits per heavy atom. The Labute approximate surface area is 167 Å². The lowest BCUT2D eigenvalue weighted by Crippen LogP contribution is -2.30. The van der Waals surface area contributed by atoms with Crippen LogP contribution in [0.4, 0.5) is 5.69 Å². The predicted octanol–water partition coefficient (Wildman–Crippen LogP) is 4.16. The molecular formula is C18H17Cl2NO5S. The molecule has 1 aliphatic rings. The van der Waals surface area contributed by atoms with Crippen molar-refractivity contribution >= 4 is 44.9 Å². The van der Waals surface area contributed by atoms with Gasteiger partial charge in [0, 0.05) is 18.9 Å². The SMILES string of the molecule is COc1ccc2c(c1)C(CCC(=O)O)CN2S(=O)(=O)c1ccc(Cl)c(Cl)c1. The molecule has 0 aromatic heterocycles. The molecule has 0 saturated carbocycles. The molecule has 1 atom stereocenters. The first-order chi connectivity index (χ1) is 12.7. The number of aliphatic carboxylic acids is 1. The van der Waals surface area contributed by atoms with Crippen LogP contribution < -0.4 is 9.04 Å². The van der Waals surface area contributed by atoms with Gasteiger partial charge in [-0.25, -0.2) is 8.42 Å². The number of benzene rings is 2. The van der Waals surface area contributed by atoms with E-state index in [9.17, 15) is 13.2 Å². The smallest absolute Gasteiger partial charge is 0.303 e. The lowest BCUT2D eigenvalue weighted by Gasteiger charge is -2.20. The van der Waals surface area contributed by atoms with Crippen molar-refractivity contribution in [3.63, 3.8) is 0 Å². The lowest BCUT2D eigenvalue weighted by atomic mass is 9.96. The van der Waals surface area contributed by atoms with Gasteiger partial charge in [0.25, 0.3) is 10.0 Å². The summed E-state index contributed by atoms with van der Waals surface area (Å²) in [6.45, 7) is 0.151. The van der Waals surface area contributed by atoms with Crippen molar-refractivity contribution < 1.29 is 23.1 Å². The zero-order chi connectivity index (χ0) is 19.8. The number of rotatable bonds is 6. The summed E-state index contributed by atoms with van der Waals surface area (Å²) in [6, 6.07) is 9.25. The van der Waals surface area contributed by atoms with Gasteiger partial charge in [0.2, 0.25) is 0 Å². The molecule has 9 heteroatoms. The van der Waals surface area contributed by atoms with Gasteiger partial charge in [0.15, 0.2) is 0 Å². The maximum Gasteiger partial charge on any atom is 0.303 e. The maximum absolute atomic E-state index is 13.2. The summed E-state index contributed by atoms with van der Waals surface area (Å²) in [4.78, 5) is 11.0. The second-order valence-corrected chi connectivity index (χ2v) is 8.84. The first kappa shape index (κ1) is 19.8. The van der Waals surface area contributed by atoms with Crippen LogP contribution in [-0.4, -0.2) is 33.1 Å². The number of carbonyl (C=O) groups is 1. The monoisotopic (exact) mass is 429 g/mol. The van der Waals surface area contributed by atoms with Crippen LogP contribution in [0.15, 0.2) is 41.3 Å². The highest BCUT2D eigenvalue weighted by Gasteiger charge is 2.37. The minimum Gasteiger partial charge on any atom is -0.497 e. The molecule has 1 heterocycles. The Balaban J connectivity index is 2.03. The number of ether oxygens (including phenoxy) is 1. The lowest BCUT2D eigenvalue weighted by molar-refractivity contribution is -0.137. The molecule has 27 heavy (non-hydrogen) atoms. The quantitative estimate of drug-likeness (QED) is 0.744. The number of anilines is 1. The topological polar surface area (TPSA) is 83.9 Å². The summed E-state index contributed by atoms with van der Waals surface area (Å²) in [5.74, 6) is -0.586. The highest BCUT2D eigenvalue weighted by atomic mass is 35.5. The molecule has 6 nitrogen and oxygen atoms in total. The number of hydrogen-bond acceptors (Lipinski definition) is 4. The van der Waals surface area contributed by atoms with E-state index in [2.05, 4.69) is 0 Å². The average Bonchev–Trinajstić information content (AvgIpc) is 3.00. The summed E-state index contributed by atoms with van der Waals surface area (Å²) in [7, 11) is -2.36. The minimum absolute atomic E-state index is 0.0255. The van der Waals surface area contributed by atoms with E-state index in [-0.39, 0.29) is 33.8 Å². The highest BCUT2D eigenvalue weighted by Crippen LogP contribution is 2.43. The Morgan fingerprint density at radius 3 is 2.59 bits per heavy atom. The van der Waals surface area contributed by atoms with Crippen LogP contribution >= 0.6 is 23.2 Å². The molecule has 0 radical (unpaired) electrons. The van der Waals surface area contributed by atoms with E-state index >= 15 is 0 Å². The molecule has 1 aliphatic heterocycles. The van der Waals surface area contributed by atoms with Crippen LogP contribution in [-0.2, 0) is 14.8 Å². The van der Waals surface area contributed by atoms with E-state index in [0.29, 0.717) is 17.9 Å². The fraction of sp³-hybridized carbons (Fsp3) is 0.278. The Kier molecular flexibility index (Phi) is 5.55. The van der Waals surface area contributed by atoms with E-state index in [1.807, 2.05) is 0 Å². The van der Waals surface area contributed by atoms with Gasteiger partial charge in [0.05, 0.1) is 27.7 Å². The number of carboxylic acids is 1. The zero-order valence-corrected chi connectivity index (χ0v) is 16.7. The average molecular weight is 430 g/mol. The Hall–Kier alpha value is -1.96. The van der Waals surface area contributed by atoms with Crippen LogP contribution in [0.25, 0.3) is 0 Å². The predicted molar refractivity (Wildman–Crippen MR) is 104 cm³/mol. The van der Waals surface area contributed by atoms with Gasteiger partial charge < -0.3 is 9.84 Å². The van der Waals surface area contributed by atoms with Crippen LogP contribution in [0.3, 0.4) is 0 Å². The van der Waals surface area contributed by atoms with Crippen LogP contribution in [0.5, 0.6) is 5.75 Å². The number of halogens is 2. The van der Waals surface area contributed by atoms with E-state index < -0.39 is 16.0 Å². The molecule has 1 unspecified atom stereocenters. The van der Waals surface area contributed by atoms with Crippen molar-refractivity contribution in [2.75, 3.05) is 18.0 Å². The number of fused-ring (bicyclic) bond motifs is 1. The molecule has 0 aliphatic carbocycles. The molecule has 2 aromatic carbocycles. The molecule has 0 saturated heterocycles. The normalized spacial score (nSPS) is 16.3. The number of methoxy groups -OCH3 is 1. The van der Waals surface area contributed by atoms with E-state index in [4.69, 9.17) is 33.0 Å². The van der Waals surface area contributed by atoms with E-state index in [0.717, 1.165) is 5.56 Å². The van der Waals surface area contributed by atoms with Crippen molar-refractivity contribution in [2.24, 2.45) is 0 Å². The van der Waals surface area contributed by atoms with Crippen molar-refractivity contribution in [1.82, 2.24) is 0 Å². The van der Waals surface area contributed by atoms with Gasteiger partial charge in [0.1, 0.15) is 5.75 Å². The molecule has 1 N–H and O–H groups in total. The Morgan fingerprint density at radius 1 is 1.22 bits per heavy atom. The molecule has 0 bridgehead atoms. The summed E-state index contributed by atoms with van der Waals surface area (Å²) in [5, 5.41) is 9.41. The Bertz CT molecular complexity index is 993. The molecule has 144 valence electrons. The third-order valence-corrected chi connectivity index (χ3v) is 7.03. The minimum atomic E-state index is -3.88. The fourth-order valence-electron chi connectivity index (χ4n) is 3.15. The molecule has 0 amide bonds. The second kappa shape index (κ2) is 7.58.